The van der Waals surface area contributed by atoms with Gasteiger partial charge in [0.2, 0.25) is 0 Å². The zero-order valence-corrected chi connectivity index (χ0v) is 11.2. The molecule has 0 aliphatic rings. The molecule has 1 aromatic carbocycles. The first-order chi connectivity index (χ1) is 9.25. The summed E-state index contributed by atoms with van der Waals surface area (Å²) in [6.45, 7) is 1.84. The van der Waals surface area contributed by atoms with Gasteiger partial charge < -0.3 is 5.32 Å². The van der Waals surface area contributed by atoms with Gasteiger partial charge in [0.05, 0.1) is 11.9 Å². The summed E-state index contributed by atoms with van der Waals surface area (Å²) >= 11 is 5.14. The van der Waals surface area contributed by atoms with Crippen molar-refractivity contribution in [3.63, 3.8) is 0 Å². The summed E-state index contributed by atoms with van der Waals surface area (Å²) in [5.41, 5.74) is 5.10. The van der Waals surface area contributed by atoms with Gasteiger partial charge in [-0.1, -0.05) is 18.2 Å². The Labute approximate surface area is 116 Å². The molecule has 0 atom stereocenters. The molecule has 5 nitrogen and oxygen atoms in total. The van der Waals surface area contributed by atoms with Crippen molar-refractivity contribution in [2.45, 2.75) is 6.92 Å². The van der Waals surface area contributed by atoms with Gasteiger partial charge in [0, 0.05) is 18.1 Å². The zero-order valence-electron chi connectivity index (χ0n) is 10.4. The second-order valence-electron chi connectivity index (χ2n) is 3.72. The molecule has 0 amide bonds. The smallest absolute Gasteiger partial charge is 0.191 e. The number of hydrazone groups is 1. The summed E-state index contributed by atoms with van der Waals surface area (Å²) < 4.78 is 0. The van der Waals surface area contributed by atoms with Gasteiger partial charge in [0.15, 0.2) is 5.11 Å². The minimum atomic E-state index is 0.425. The van der Waals surface area contributed by atoms with E-state index < -0.39 is 0 Å². The van der Waals surface area contributed by atoms with Crippen LogP contribution in [0.15, 0.2) is 54.0 Å². The molecule has 19 heavy (non-hydrogen) atoms. The third kappa shape index (κ3) is 4.11. The van der Waals surface area contributed by atoms with Crippen LogP contribution in [0.2, 0.25) is 0 Å². The van der Waals surface area contributed by atoms with Crippen LogP contribution in [-0.4, -0.2) is 20.8 Å². The van der Waals surface area contributed by atoms with Gasteiger partial charge >= 0.3 is 0 Å². The van der Waals surface area contributed by atoms with Gasteiger partial charge in [0.25, 0.3) is 0 Å². The summed E-state index contributed by atoms with van der Waals surface area (Å²) in [7, 11) is 0. The van der Waals surface area contributed by atoms with Crippen LogP contribution in [0.3, 0.4) is 0 Å². The molecule has 0 saturated carbocycles. The first kappa shape index (κ1) is 13.1. The van der Waals surface area contributed by atoms with Gasteiger partial charge in [0.1, 0.15) is 5.69 Å². The lowest BCUT2D eigenvalue weighted by atomic mass is 10.3. The summed E-state index contributed by atoms with van der Waals surface area (Å²) in [6.07, 6.45) is 4.88. The topological polar surface area (TPSA) is 62.2 Å². The van der Waals surface area contributed by atoms with E-state index in [2.05, 4.69) is 25.8 Å². The van der Waals surface area contributed by atoms with Crippen molar-refractivity contribution >= 4 is 28.7 Å². The Hall–Kier alpha value is -2.34. The largest absolute Gasteiger partial charge is 0.331 e. The van der Waals surface area contributed by atoms with Gasteiger partial charge in [-0.05, 0) is 31.3 Å². The van der Waals surface area contributed by atoms with Crippen LogP contribution in [0.25, 0.3) is 0 Å². The van der Waals surface area contributed by atoms with E-state index in [1.807, 2.05) is 37.3 Å². The number of thiocarbonyl (C=S) groups is 1. The molecular weight excluding hydrogens is 258 g/mol. The molecule has 1 heterocycles. The maximum Gasteiger partial charge on any atom is 0.191 e. The molecule has 0 spiro atoms. The number of benzene rings is 1. The molecule has 2 aromatic rings. The first-order valence-corrected chi connectivity index (χ1v) is 6.09. The molecule has 2 N–H and O–H groups in total. The molecule has 96 valence electrons. The normalized spacial score (nSPS) is 10.9. The van der Waals surface area contributed by atoms with Crippen molar-refractivity contribution in [2.75, 3.05) is 5.32 Å². The van der Waals surface area contributed by atoms with Crippen LogP contribution < -0.4 is 10.7 Å². The highest BCUT2D eigenvalue weighted by atomic mass is 32.1. The summed E-state index contributed by atoms with van der Waals surface area (Å²) in [4.78, 5) is 8.12. The molecule has 0 fully saturated rings. The van der Waals surface area contributed by atoms with Gasteiger partial charge in [-0.3, -0.25) is 15.4 Å². The number of anilines is 1. The van der Waals surface area contributed by atoms with E-state index in [4.69, 9.17) is 12.2 Å². The van der Waals surface area contributed by atoms with Crippen molar-refractivity contribution in [1.82, 2.24) is 15.4 Å². The van der Waals surface area contributed by atoms with E-state index in [0.717, 1.165) is 5.69 Å². The minimum Gasteiger partial charge on any atom is -0.331 e. The number of hydrogen-bond donors (Lipinski definition) is 2. The van der Waals surface area contributed by atoms with Crippen molar-refractivity contribution in [3.05, 3.63) is 54.6 Å². The van der Waals surface area contributed by atoms with E-state index in [1.165, 1.54) is 0 Å². The van der Waals surface area contributed by atoms with E-state index in [0.29, 0.717) is 16.5 Å². The quantitative estimate of drug-likeness (QED) is 0.509. The Kier molecular flexibility index (Phi) is 4.52. The van der Waals surface area contributed by atoms with E-state index in [9.17, 15) is 0 Å². The molecule has 6 heteroatoms. The van der Waals surface area contributed by atoms with Crippen molar-refractivity contribution in [3.8, 4) is 0 Å². The standard InChI is InChI=1S/C13H13N5S/c1-10(12-9-14-7-8-15-12)17-18-13(19)16-11-5-3-2-4-6-11/h2-9H,1H3,(H2,16,18,19)/b17-10+. The number of aromatic nitrogens is 2. The highest BCUT2D eigenvalue weighted by Crippen LogP contribution is 2.04. The predicted octanol–water partition coefficient (Wildman–Crippen LogP) is 2.19. The van der Waals surface area contributed by atoms with E-state index >= 15 is 0 Å². The third-order valence-corrected chi connectivity index (χ3v) is 2.48. The maximum absolute atomic E-state index is 5.14. The van der Waals surface area contributed by atoms with Gasteiger partial charge in [-0.2, -0.15) is 5.10 Å². The van der Waals surface area contributed by atoms with E-state index in [1.54, 1.807) is 18.6 Å². The van der Waals surface area contributed by atoms with Crippen LogP contribution in [0.1, 0.15) is 12.6 Å². The zero-order chi connectivity index (χ0) is 13.5. The molecule has 0 bridgehead atoms. The van der Waals surface area contributed by atoms with E-state index in [-0.39, 0.29) is 0 Å². The second kappa shape index (κ2) is 6.55. The van der Waals surface area contributed by atoms with Gasteiger partial charge in [-0.25, -0.2) is 0 Å². The summed E-state index contributed by atoms with van der Waals surface area (Å²) in [6, 6.07) is 9.65. The minimum absolute atomic E-state index is 0.425. The van der Waals surface area contributed by atoms with Crippen molar-refractivity contribution < 1.29 is 0 Å². The molecule has 0 radical (unpaired) electrons. The van der Waals surface area contributed by atoms with Crippen LogP contribution in [0.5, 0.6) is 0 Å². The fourth-order valence-electron chi connectivity index (χ4n) is 1.36. The van der Waals surface area contributed by atoms with Crippen LogP contribution in [-0.2, 0) is 0 Å². The Morgan fingerprint density at radius 1 is 1.21 bits per heavy atom. The summed E-state index contributed by atoms with van der Waals surface area (Å²) in [5, 5.41) is 7.60. The summed E-state index contributed by atoms with van der Waals surface area (Å²) in [5.74, 6) is 0. The van der Waals surface area contributed by atoms with Gasteiger partial charge in [-0.15, -0.1) is 0 Å². The lowest BCUT2D eigenvalue weighted by molar-refractivity contribution is 1.03. The Morgan fingerprint density at radius 3 is 2.68 bits per heavy atom. The third-order valence-electron chi connectivity index (χ3n) is 2.29. The Morgan fingerprint density at radius 2 is 2.00 bits per heavy atom. The predicted molar refractivity (Wildman–Crippen MR) is 80.0 cm³/mol. The fraction of sp³-hybridized carbons (Fsp3) is 0.0769. The van der Waals surface area contributed by atoms with Crippen LogP contribution in [0.4, 0.5) is 5.69 Å². The maximum atomic E-state index is 5.14. The highest BCUT2D eigenvalue weighted by Gasteiger charge is 1.99. The first-order valence-electron chi connectivity index (χ1n) is 5.68. The molecule has 2 rings (SSSR count). The SMILES string of the molecule is C/C(=N\NC(=S)Nc1ccccc1)c1cnccn1. The van der Waals surface area contributed by atoms with Crippen molar-refractivity contribution in [2.24, 2.45) is 5.10 Å². The lowest BCUT2D eigenvalue weighted by Crippen LogP contribution is -2.25. The number of rotatable bonds is 3. The van der Waals surface area contributed by atoms with Crippen molar-refractivity contribution in [1.29, 1.82) is 0 Å². The Bertz CT molecular complexity index is 568. The molecule has 0 saturated heterocycles. The average molecular weight is 271 g/mol. The molecule has 0 aliphatic carbocycles. The van der Waals surface area contributed by atoms with Crippen LogP contribution >= 0.6 is 12.2 Å². The Balaban J connectivity index is 1.93. The second-order valence-corrected chi connectivity index (χ2v) is 4.13. The monoisotopic (exact) mass is 271 g/mol. The molecule has 0 aliphatic heterocycles. The molecule has 0 unspecified atom stereocenters. The average Bonchev–Trinajstić information content (AvgIpc) is 2.47. The van der Waals surface area contributed by atoms with Crippen LogP contribution in [0, 0.1) is 0 Å². The number of para-hydroxylation sites is 1. The number of hydrogen-bond acceptors (Lipinski definition) is 4. The number of nitrogens with zero attached hydrogens (tertiary/aromatic N) is 3. The fourth-order valence-corrected chi connectivity index (χ4v) is 1.52. The number of nitrogens with one attached hydrogen (secondary N) is 2. The molecular formula is C13H13N5S. The highest BCUT2D eigenvalue weighted by molar-refractivity contribution is 7.80. The molecule has 1 aromatic heterocycles. The lowest BCUT2D eigenvalue weighted by Gasteiger charge is -2.07.